The summed E-state index contributed by atoms with van der Waals surface area (Å²) in [5, 5.41) is 0. The van der Waals surface area contributed by atoms with E-state index in [2.05, 4.69) is 29.8 Å². The van der Waals surface area contributed by atoms with E-state index in [1.807, 2.05) is 6.07 Å². The zero-order valence-corrected chi connectivity index (χ0v) is 12.8. The summed E-state index contributed by atoms with van der Waals surface area (Å²) in [5.41, 5.74) is 6.95. The lowest BCUT2D eigenvalue weighted by Gasteiger charge is -2.23. The fraction of sp³-hybridized carbons (Fsp3) is 0.600. The number of benzene rings is 1. The lowest BCUT2D eigenvalue weighted by Crippen LogP contribution is -2.32. The van der Waals surface area contributed by atoms with Crippen LogP contribution >= 0.6 is 15.9 Å². The van der Waals surface area contributed by atoms with Crippen LogP contribution in [0.15, 0.2) is 22.7 Å². The van der Waals surface area contributed by atoms with Crippen LogP contribution in [0.2, 0.25) is 0 Å². The Morgan fingerprint density at radius 2 is 2.06 bits per heavy atom. The van der Waals surface area contributed by atoms with Crippen LogP contribution in [0.5, 0.6) is 0 Å². The van der Waals surface area contributed by atoms with Gasteiger partial charge in [-0.15, -0.1) is 0 Å². The summed E-state index contributed by atoms with van der Waals surface area (Å²) < 4.78 is 14.6. The molecule has 0 amide bonds. The molecule has 2 unspecified atom stereocenters. The molecule has 0 bridgehead atoms. The number of rotatable bonds is 7. The molecular formula is C15H23BrFN. The Kier molecular flexibility index (Phi) is 6.87. The lowest BCUT2D eigenvalue weighted by molar-refractivity contribution is 0.366. The molecule has 0 fully saturated rings. The zero-order chi connectivity index (χ0) is 13.5. The van der Waals surface area contributed by atoms with Gasteiger partial charge in [0.1, 0.15) is 5.82 Å². The highest BCUT2D eigenvalue weighted by Crippen LogP contribution is 2.22. The van der Waals surface area contributed by atoms with Crippen molar-refractivity contribution in [2.24, 2.45) is 11.7 Å². The highest BCUT2D eigenvalue weighted by Gasteiger charge is 2.17. The third kappa shape index (κ3) is 4.69. The van der Waals surface area contributed by atoms with Gasteiger partial charge in [0.2, 0.25) is 0 Å². The minimum absolute atomic E-state index is 0.0466. The summed E-state index contributed by atoms with van der Waals surface area (Å²) in [4.78, 5) is 0. The summed E-state index contributed by atoms with van der Waals surface area (Å²) in [6.45, 7) is 4.35. The van der Waals surface area contributed by atoms with E-state index in [4.69, 9.17) is 5.73 Å². The Hall–Kier alpha value is -0.410. The monoisotopic (exact) mass is 315 g/mol. The maximum atomic E-state index is 13.7. The van der Waals surface area contributed by atoms with Crippen molar-refractivity contribution in [1.82, 2.24) is 0 Å². The van der Waals surface area contributed by atoms with Crippen LogP contribution in [0.4, 0.5) is 4.39 Å². The van der Waals surface area contributed by atoms with Crippen LogP contribution in [0.3, 0.4) is 0 Å². The van der Waals surface area contributed by atoms with Crippen molar-refractivity contribution < 1.29 is 4.39 Å². The number of unbranched alkanes of at least 4 members (excludes halogenated alkanes) is 1. The summed E-state index contributed by atoms with van der Waals surface area (Å²) in [6.07, 6.45) is 5.22. The van der Waals surface area contributed by atoms with E-state index >= 15 is 0 Å². The predicted octanol–water partition coefficient (Wildman–Crippen LogP) is 4.67. The minimum atomic E-state index is -0.154. The van der Waals surface area contributed by atoms with Crippen LogP contribution in [0, 0.1) is 11.7 Å². The van der Waals surface area contributed by atoms with Gasteiger partial charge in [0.15, 0.2) is 0 Å². The van der Waals surface area contributed by atoms with Crippen LogP contribution in [-0.4, -0.2) is 6.04 Å². The van der Waals surface area contributed by atoms with Gasteiger partial charge in [0.25, 0.3) is 0 Å². The first kappa shape index (κ1) is 15.6. The molecule has 0 aliphatic heterocycles. The van der Waals surface area contributed by atoms with Gasteiger partial charge in [-0.25, -0.2) is 4.39 Å². The third-order valence-corrected chi connectivity index (χ3v) is 4.01. The molecule has 102 valence electrons. The summed E-state index contributed by atoms with van der Waals surface area (Å²) in [7, 11) is 0. The second-order valence-electron chi connectivity index (χ2n) is 4.91. The predicted molar refractivity (Wildman–Crippen MR) is 79.1 cm³/mol. The second kappa shape index (κ2) is 7.90. The van der Waals surface area contributed by atoms with Crippen molar-refractivity contribution in [2.75, 3.05) is 0 Å². The van der Waals surface area contributed by atoms with E-state index in [0.717, 1.165) is 17.3 Å². The van der Waals surface area contributed by atoms with E-state index < -0.39 is 0 Å². The SMILES string of the molecule is CCCCC(CC)C(N)Cc1cc(Br)ccc1F. The molecule has 0 aliphatic carbocycles. The minimum Gasteiger partial charge on any atom is -0.327 e. The highest BCUT2D eigenvalue weighted by molar-refractivity contribution is 9.10. The van der Waals surface area contributed by atoms with Crippen molar-refractivity contribution in [3.05, 3.63) is 34.1 Å². The average Bonchev–Trinajstić information content (AvgIpc) is 2.35. The molecule has 3 heteroatoms. The molecule has 0 saturated heterocycles. The Labute approximate surface area is 118 Å². The van der Waals surface area contributed by atoms with Gasteiger partial charge < -0.3 is 5.73 Å². The molecule has 1 nitrogen and oxygen atoms in total. The second-order valence-corrected chi connectivity index (χ2v) is 5.83. The van der Waals surface area contributed by atoms with E-state index in [0.29, 0.717) is 17.9 Å². The largest absolute Gasteiger partial charge is 0.327 e. The molecular weight excluding hydrogens is 293 g/mol. The number of hydrogen-bond acceptors (Lipinski definition) is 1. The first-order valence-electron chi connectivity index (χ1n) is 6.78. The van der Waals surface area contributed by atoms with Gasteiger partial charge in [-0.05, 0) is 42.5 Å². The molecule has 1 rings (SSSR count). The van der Waals surface area contributed by atoms with Gasteiger partial charge in [0, 0.05) is 10.5 Å². The summed E-state index contributed by atoms with van der Waals surface area (Å²) in [6, 6.07) is 5.10. The number of nitrogens with two attached hydrogens (primary N) is 1. The molecule has 0 aliphatic rings. The van der Waals surface area contributed by atoms with E-state index in [1.54, 1.807) is 6.07 Å². The Morgan fingerprint density at radius 1 is 1.33 bits per heavy atom. The van der Waals surface area contributed by atoms with Crippen molar-refractivity contribution in [3.63, 3.8) is 0 Å². The highest BCUT2D eigenvalue weighted by atomic mass is 79.9. The van der Waals surface area contributed by atoms with E-state index in [-0.39, 0.29) is 11.9 Å². The van der Waals surface area contributed by atoms with Crippen LogP contribution < -0.4 is 5.73 Å². The maximum absolute atomic E-state index is 13.7. The van der Waals surface area contributed by atoms with Crippen molar-refractivity contribution in [2.45, 2.75) is 52.0 Å². The molecule has 2 N–H and O–H groups in total. The number of hydrogen-bond donors (Lipinski definition) is 1. The topological polar surface area (TPSA) is 26.0 Å². The Balaban J connectivity index is 2.66. The molecule has 2 atom stereocenters. The van der Waals surface area contributed by atoms with Crippen molar-refractivity contribution in [1.29, 1.82) is 0 Å². The number of halogens is 2. The first-order valence-corrected chi connectivity index (χ1v) is 7.57. The third-order valence-electron chi connectivity index (χ3n) is 3.52. The smallest absolute Gasteiger partial charge is 0.126 e. The first-order chi connectivity index (χ1) is 8.58. The average molecular weight is 316 g/mol. The Bertz CT molecular complexity index is 368. The molecule has 1 aromatic carbocycles. The fourth-order valence-corrected chi connectivity index (χ4v) is 2.72. The van der Waals surface area contributed by atoms with E-state index in [1.165, 1.54) is 18.9 Å². The molecule has 0 radical (unpaired) electrons. The van der Waals surface area contributed by atoms with E-state index in [9.17, 15) is 4.39 Å². The molecule has 1 aromatic rings. The summed E-state index contributed by atoms with van der Waals surface area (Å²) in [5.74, 6) is 0.335. The fourth-order valence-electron chi connectivity index (χ4n) is 2.31. The van der Waals surface area contributed by atoms with Crippen LogP contribution in [0.25, 0.3) is 0 Å². The zero-order valence-electron chi connectivity index (χ0n) is 11.3. The van der Waals surface area contributed by atoms with Crippen molar-refractivity contribution in [3.8, 4) is 0 Å². The molecule has 0 saturated carbocycles. The standard InChI is InChI=1S/C15H23BrFN/c1-3-5-6-11(4-2)15(18)10-12-9-13(16)7-8-14(12)17/h7-9,11,15H,3-6,10,18H2,1-2H3. The van der Waals surface area contributed by atoms with Gasteiger partial charge in [-0.2, -0.15) is 0 Å². The van der Waals surface area contributed by atoms with Crippen LogP contribution in [-0.2, 0) is 6.42 Å². The van der Waals surface area contributed by atoms with Crippen LogP contribution in [0.1, 0.15) is 45.1 Å². The summed E-state index contributed by atoms with van der Waals surface area (Å²) >= 11 is 3.37. The normalized spacial score (nSPS) is 14.5. The quantitative estimate of drug-likeness (QED) is 0.777. The molecule has 0 aromatic heterocycles. The lowest BCUT2D eigenvalue weighted by atomic mass is 9.88. The van der Waals surface area contributed by atoms with Gasteiger partial charge in [-0.3, -0.25) is 0 Å². The molecule has 18 heavy (non-hydrogen) atoms. The van der Waals surface area contributed by atoms with Gasteiger partial charge >= 0.3 is 0 Å². The van der Waals surface area contributed by atoms with Gasteiger partial charge in [-0.1, -0.05) is 49.0 Å². The Morgan fingerprint density at radius 3 is 2.67 bits per heavy atom. The van der Waals surface area contributed by atoms with Gasteiger partial charge in [0.05, 0.1) is 0 Å². The molecule has 0 heterocycles. The van der Waals surface area contributed by atoms with Crippen molar-refractivity contribution >= 4 is 15.9 Å². The maximum Gasteiger partial charge on any atom is 0.126 e. The molecule has 0 spiro atoms.